The van der Waals surface area contributed by atoms with Crippen molar-refractivity contribution in [3.05, 3.63) is 109 Å². The molecule has 0 saturated carbocycles. The van der Waals surface area contributed by atoms with Crippen LogP contribution in [0.4, 0.5) is 17.1 Å². The summed E-state index contributed by atoms with van der Waals surface area (Å²) in [6, 6.07) is 36.9. The zero-order valence-electron chi connectivity index (χ0n) is 17.3. The van der Waals surface area contributed by atoms with Crippen molar-refractivity contribution in [2.24, 2.45) is 10.2 Å². The van der Waals surface area contributed by atoms with Crippen LogP contribution in [0, 0.1) is 0 Å². The van der Waals surface area contributed by atoms with E-state index in [9.17, 15) is 0 Å². The first-order valence-electron chi connectivity index (χ1n) is 10.6. The summed E-state index contributed by atoms with van der Waals surface area (Å²) in [4.78, 5) is 0. The zero-order chi connectivity index (χ0) is 21.5. The summed E-state index contributed by atoms with van der Waals surface area (Å²) in [6.45, 7) is 0. The minimum Gasteiger partial charge on any atom is -0.396 e. The summed E-state index contributed by atoms with van der Waals surface area (Å²) in [7, 11) is 0. The molecule has 0 unspecified atom stereocenters. The SMILES string of the molecule is Nc1c(N=Nc2ccccc2)cc(-n2c3ccccc3c3ccccc32)c2ccccc12. The number of nitrogen functional groups attached to an aromatic ring is 1. The zero-order valence-corrected chi connectivity index (χ0v) is 17.3. The van der Waals surface area contributed by atoms with Crippen LogP contribution >= 0.6 is 0 Å². The van der Waals surface area contributed by atoms with Crippen molar-refractivity contribution < 1.29 is 0 Å². The summed E-state index contributed by atoms with van der Waals surface area (Å²) in [5.74, 6) is 0. The van der Waals surface area contributed by atoms with Gasteiger partial charge < -0.3 is 10.3 Å². The molecule has 0 aliphatic carbocycles. The van der Waals surface area contributed by atoms with Gasteiger partial charge in [0.15, 0.2) is 0 Å². The molecule has 4 heteroatoms. The van der Waals surface area contributed by atoms with E-state index in [1.54, 1.807) is 0 Å². The third kappa shape index (κ3) is 2.85. The Bertz CT molecular complexity index is 1580. The van der Waals surface area contributed by atoms with Gasteiger partial charge in [0.25, 0.3) is 0 Å². The molecular formula is C28H20N4. The van der Waals surface area contributed by atoms with Crippen LogP contribution < -0.4 is 5.73 Å². The van der Waals surface area contributed by atoms with Gasteiger partial charge in [-0.2, -0.15) is 5.11 Å². The Balaban J connectivity index is 1.69. The monoisotopic (exact) mass is 412 g/mol. The predicted octanol–water partition coefficient (Wildman–Crippen LogP) is 7.93. The van der Waals surface area contributed by atoms with Crippen LogP contribution in [0.25, 0.3) is 38.3 Å². The maximum atomic E-state index is 6.57. The second kappa shape index (κ2) is 7.36. The number of anilines is 1. The highest BCUT2D eigenvalue weighted by Crippen LogP contribution is 2.40. The quantitative estimate of drug-likeness (QED) is 0.233. The number of fused-ring (bicyclic) bond motifs is 4. The van der Waals surface area contributed by atoms with Crippen LogP contribution in [-0.2, 0) is 0 Å². The van der Waals surface area contributed by atoms with E-state index in [-0.39, 0.29) is 0 Å². The first kappa shape index (κ1) is 18.3. The van der Waals surface area contributed by atoms with Crippen LogP contribution in [0.1, 0.15) is 0 Å². The number of hydrogen-bond acceptors (Lipinski definition) is 3. The van der Waals surface area contributed by atoms with Crippen molar-refractivity contribution in [2.75, 3.05) is 5.73 Å². The maximum absolute atomic E-state index is 6.57. The third-order valence-corrected chi connectivity index (χ3v) is 5.89. The molecular weight excluding hydrogens is 392 g/mol. The van der Waals surface area contributed by atoms with E-state index >= 15 is 0 Å². The highest BCUT2D eigenvalue weighted by atomic mass is 15.1. The van der Waals surface area contributed by atoms with Crippen molar-refractivity contribution in [1.29, 1.82) is 0 Å². The second-order valence-corrected chi connectivity index (χ2v) is 7.78. The molecule has 1 aromatic heterocycles. The van der Waals surface area contributed by atoms with Gasteiger partial charge in [-0.15, -0.1) is 5.11 Å². The standard InChI is InChI=1S/C28H20N4/c29-28-23-15-5-4-14-22(23)27(18-24(28)31-30-19-10-2-1-3-11-19)32-25-16-8-6-12-20(25)21-13-7-9-17-26(21)32/h1-18H,29H2. The fourth-order valence-corrected chi connectivity index (χ4v) is 4.42. The molecule has 6 rings (SSSR count). The molecule has 0 spiro atoms. The third-order valence-electron chi connectivity index (χ3n) is 5.89. The van der Waals surface area contributed by atoms with Gasteiger partial charge in [0.1, 0.15) is 5.69 Å². The van der Waals surface area contributed by atoms with Crippen LogP contribution in [0.2, 0.25) is 0 Å². The largest absolute Gasteiger partial charge is 0.396 e. The number of azo groups is 1. The van der Waals surface area contributed by atoms with Crippen molar-refractivity contribution in [2.45, 2.75) is 0 Å². The van der Waals surface area contributed by atoms with Crippen molar-refractivity contribution in [3.8, 4) is 5.69 Å². The lowest BCUT2D eigenvalue weighted by Gasteiger charge is -2.14. The Morgan fingerprint density at radius 2 is 1.06 bits per heavy atom. The van der Waals surface area contributed by atoms with Crippen LogP contribution in [0.5, 0.6) is 0 Å². The maximum Gasteiger partial charge on any atom is 0.111 e. The highest BCUT2D eigenvalue weighted by molar-refractivity contribution is 6.12. The smallest absolute Gasteiger partial charge is 0.111 e. The Hall–Kier alpha value is -4.44. The average Bonchev–Trinajstić information content (AvgIpc) is 3.19. The molecule has 32 heavy (non-hydrogen) atoms. The second-order valence-electron chi connectivity index (χ2n) is 7.78. The molecule has 0 aliphatic heterocycles. The van der Waals surface area contributed by atoms with Crippen molar-refractivity contribution in [1.82, 2.24) is 4.57 Å². The molecule has 0 saturated heterocycles. The number of hydrogen-bond donors (Lipinski definition) is 1. The first-order chi connectivity index (χ1) is 15.8. The molecule has 0 amide bonds. The molecule has 0 atom stereocenters. The molecule has 1 heterocycles. The fourth-order valence-electron chi connectivity index (χ4n) is 4.42. The van der Waals surface area contributed by atoms with Gasteiger partial charge in [-0.25, -0.2) is 0 Å². The van der Waals surface area contributed by atoms with Gasteiger partial charge >= 0.3 is 0 Å². The van der Waals surface area contributed by atoms with Gasteiger partial charge in [-0.05, 0) is 30.3 Å². The normalized spacial score (nSPS) is 11.8. The Morgan fingerprint density at radius 3 is 1.72 bits per heavy atom. The Morgan fingerprint density at radius 1 is 0.531 bits per heavy atom. The number of nitrogens with two attached hydrogens (primary N) is 1. The van der Waals surface area contributed by atoms with Crippen molar-refractivity contribution >= 4 is 49.6 Å². The predicted molar refractivity (Wildman–Crippen MR) is 133 cm³/mol. The van der Waals surface area contributed by atoms with Crippen LogP contribution in [0.3, 0.4) is 0 Å². The van der Waals surface area contributed by atoms with Gasteiger partial charge in [-0.3, -0.25) is 0 Å². The molecule has 6 aromatic rings. The Labute approximate surface area is 185 Å². The van der Waals surface area contributed by atoms with E-state index in [4.69, 9.17) is 5.73 Å². The van der Waals surface area contributed by atoms with Crippen LogP contribution in [-0.4, -0.2) is 4.57 Å². The molecule has 2 N–H and O–H groups in total. The number of para-hydroxylation sites is 2. The van der Waals surface area contributed by atoms with E-state index in [2.05, 4.69) is 69.4 Å². The lowest BCUT2D eigenvalue weighted by molar-refractivity contribution is 1.18. The van der Waals surface area contributed by atoms with E-state index in [1.165, 1.54) is 10.8 Å². The first-order valence-corrected chi connectivity index (χ1v) is 10.6. The summed E-state index contributed by atoms with van der Waals surface area (Å²) in [5, 5.41) is 13.5. The molecule has 0 fully saturated rings. The van der Waals surface area contributed by atoms with Gasteiger partial charge in [0.05, 0.1) is 28.1 Å². The lowest BCUT2D eigenvalue weighted by Crippen LogP contribution is -1.98. The Kier molecular flexibility index (Phi) is 4.22. The number of benzene rings is 5. The lowest BCUT2D eigenvalue weighted by atomic mass is 10.0. The molecule has 0 bridgehead atoms. The molecule has 4 nitrogen and oxygen atoms in total. The van der Waals surface area contributed by atoms with E-state index in [1.807, 2.05) is 54.6 Å². The summed E-state index contributed by atoms with van der Waals surface area (Å²) < 4.78 is 2.30. The molecule has 5 aromatic carbocycles. The minimum absolute atomic E-state index is 0.629. The van der Waals surface area contributed by atoms with Crippen molar-refractivity contribution in [3.63, 3.8) is 0 Å². The number of aromatic nitrogens is 1. The topological polar surface area (TPSA) is 55.7 Å². The highest BCUT2D eigenvalue weighted by Gasteiger charge is 2.16. The number of nitrogens with zero attached hydrogens (tertiary/aromatic N) is 3. The van der Waals surface area contributed by atoms with Crippen LogP contribution in [0.15, 0.2) is 119 Å². The molecule has 152 valence electrons. The summed E-state index contributed by atoms with van der Waals surface area (Å²) >= 11 is 0. The number of rotatable bonds is 3. The molecule has 0 aliphatic rings. The summed E-state index contributed by atoms with van der Waals surface area (Å²) in [6.07, 6.45) is 0. The fraction of sp³-hybridized carbons (Fsp3) is 0. The minimum atomic E-state index is 0.629. The van der Waals surface area contributed by atoms with E-state index in [0.29, 0.717) is 11.4 Å². The van der Waals surface area contributed by atoms with Gasteiger partial charge in [0, 0.05) is 21.5 Å². The van der Waals surface area contributed by atoms with E-state index < -0.39 is 0 Å². The van der Waals surface area contributed by atoms with Gasteiger partial charge in [-0.1, -0.05) is 78.9 Å². The van der Waals surface area contributed by atoms with Gasteiger partial charge in [0.2, 0.25) is 0 Å². The molecule has 0 radical (unpaired) electrons. The van der Waals surface area contributed by atoms with E-state index in [0.717, 1.165) is 33.2 Å². The average molecular weight is 412 g/mol. The summed E-state index contributed by atoms with van der Waals surface area (Å²) in [5.41, 5.74) is 12.0.